The largest absolute Gasteiger partial charge is 0.465 e. The number of fused-ring (bicyclic) bond motifs is 4. The number of nitro benzene ring substituents is 1. The number of hydrogen-bond acceptors (Lipinski definition) is 13. The zero-order valence-electron chi connectivity index (χ0n) is 20.9. The Balaban J connectivity index is 2.58. The maximum absolute atomic E-state index is 13.6. The predicted octanol–water partition coefficient (Wildman–Crippen LogP) is 1.98. The first-order valence-corrected chi connectivity index (χ1v) is 12.3. The highest BCUT2D eigenvalue weighted by atomic mass is 32.2. The van der Waals surface area contributed by atoms with E-state index in [0.717, 1.165) is 42.2 Å². The van der Waals surface area contributed by atoms with Crippen molar-refractivity contribution >= 4 is 41.3 Å². The summed E-state index contributed by atoms with van der Waals surface area (Å²) in [4.78, 5) is 69.0. The van der Waals surface area contributed by atoms with E-state index < -0.39 is 56.6 Å². The van der Waals surface area contributed by atoms with Gasteiger partial charge < -0.3 is 24.8 Å². The number of nitro groups is 1. The van der Waals surface area contributed by atoms with Crippen molar-refractivity contribution in [3.8, 4) is 0 Å². The molecule has 3 aliphatic heterocycles. The van der Waals surface area contributed by atoms with E-state index in [0.29, 0.717) is 0 Å². The van der Waals surface area contributed by atoms with E-state index in [4.69, 9.17) is 24.8 Å². The molecule has 4 rings (SSSR count). The summed E-state index contributed by atoms with van der Waals surface area (Å²) < 4.78 is 16.1. The molecule has 0 radical (unpaired) electrons. The summed E-state index contributed by atoms with van der Waals surface area (Å²) in [5.74, 6) is -4.34. The van der Waals surface area contributed by atoms with Crippen LogP contribution in [0.25, 0.3) is 0 Å². The number of nitrogens with zero attached hydrogens (tertiary/aromatic N) is 2. The average molecular weight is 548 g/mol. The number of carbonyl (C=O) groups is 4. The molecule has 0 aromatic heterocycles. The molecule has 0 spiro atoms. The molecular formula is C24H25N3O10S. The Morgan fingerprint density at radius 3 is 2.50 bits per heavy atom. The van der Waals surface area contributed by atoms with Gasteiger partial charge in [-0.3, -0.25) is 10.1 Å². The summed E-state index contributed by atoms with van der Waals surface area (Å²) in [7, 11) is 1.06. The Hall–Kier alpha value is -4.17. The average Bonchev–Trinajstić information content (AvgIpc) is 2.87. The van der Waals surface area contributed by atoms with Gasteiger partial charge in [-0.15, -0.1) is 11.8 Å². The molecule has 3 aliphatic rings. The maximum Gasteiger partial charge on any atom is 0.356 e. The number of rotatable bonds is 8. The minimum atomic E-state index is -2.40. The highest BCUT2D eigenvalue weighted by Gasteiger charge is 2.58. The summed E-state index contributed by atoms with van der Waals surface area (Å²) in [6, 6.07) is 4.91. The zero-order chi connectivity index (χ0) is 28.2. The van der Waals surface area contributed by atoms with Crippen LogP contribution in [0.2, 0.25) is 0 Å². The summed E-state index contributed by atoms with van der Waals surface area (Å²) in [5.41, 5.74) is 2.04. The second-order valence-electron chi connectivity index (χ2n) is 7.96. The number of esters is 3. The topological polar surface area (TPSA) is 178 Å². The third-order valence-corrected chi connectivity index (χ3v) is 6.48. The maximum atomic E-state index is 13.6. The van der Waals surface area contributed by atoms with Crippen LogP contribution < -0.4 is 5.73 Å². The van der Waals surface area contributed by atoms with E-state index >= 15 is 0 Å². The fourth-order valence-electron chi connectivity index (χ4n) is 4.04. The summed E-state index contributed by atoms with van der Waals surface area (Å²) in [6.07, 6.45) is 1.54. The number of ether oxygens (including phenoxy) is 3. The van der Waals surface area contributed by atoms with Gasteiger partial charge in [0.05, 0.1) is 30.0 Å². The molecule has 2 unspecified atom stereocenters. The van der Waals surface area contributed by atoms with Crippen molar-refractivity contribution in [3.05, 3.63) is 74.6 Å². The first-order chi connectivity index (χ1) is 18.0. The molecule has 13 nitrogen and oxygen atoms in total. The molecule has 1 aromatic rings. The normalized spacial score (nSPS) is 20.9. The Labute approximate surface area is 221 Å². The van der Waals surface area contributed by atoms with Crippen LogP contribution in [0.1, 0.15) is 26.3 Å². The smallest absolute Gasteiger partial charge is 0.356 e. The van der Waals surface area contributed by atoms with Gasteiger partial charge in [0, 0.05) is 41.0 Å². The SMILES string of the molecule is CCOC(=O)C1=C(CSC(C)N)N2OC(=O)/C=C/C(=O)OC1(c1cccc([N+](=O)[O-])c1)C(C(=O)OC)=C2C. The summed E-state index contributed by atoms with van der Waals surface area (Å²) in [5, 5.41) is 12.1. The van der Waals surface area contributed by atoms with Crippen LogP contribution in [0.4, 0.5) is 5.69 Å². The molecule has 0 amide bonds. The van der Waals surface area contributed by atoms with Crippen molar-refractivity contribution in [2.45, 2.75) is 31.7 Å². The minimum absolute atomic E-state index is 0.0288. The monoisotopic (exact) mass is 547 g/mol. The van der Waals surface area contributed by atoms with E-state index in [9.17, 15) is 29.3 Å². The Bertz CT molecular complexity index is 1290. The fourth-order valence-corrected chi connectivity index (χ4v) is 4.72. The first kappa shape index (κ1) is 28.4. The molecule has 0 fully saturated rings. The Morgan fingerprint density at radius 2 is 1.89 bits per heavy atom. The molecule has 2 bridgehead atoms. The second-order valence-corrected chi connectivity index (χ2v) is 9.32. The van der Waals surface area contributed by atoms with Crippen molar-refractivity contribution in [2.24, 2.45) is 5.73 Å². The third-order valence-electron chi connectivity index (χ3n) is 5.51. The van der Waals surface area contributed by atoms with Crippen molar-refractivity contribution in [1.29, 1.82) is 0 Å². The molecule has 14 heteroatoms. The second kappa shape index (κ2) is 11.5. The van der Waals surface area contributed by atoms with Crippen LogP contribution in [-0.4, -0.2) is 58.7 Å². The fraction of sp³-hybridized carbons (Fsp3) is 0.333. The van der Waals surface area contributed by atoms with Crippen LogP contribution in [-0.2, 0) is 43.8 Å². The van der Waals surface area contributed by atoms with E-state index in [1.165, 1.54) is 32.0 Å². The highest BCUT2D eigenvalue weighted by Crippen LogP contribution is 2.50. The standard InChI is InChI=1S/C24H25N3O10S/c1-5-35-23(31)21-17(12-38-14(3)25)26-13(2)20(22(30)34-4)24(21,36-18(28)9-10-19(29)37-26)15-7-6-8-16(11-15)27(32)33/h6-11,14H,5,12,25H2,1-4H3/b10-9+. The summed E-state index contributed by atoms with van der Waals surface area (Å²) >= 11 is 1.14. The number of nitrogens with two attached hydrogens (primary N) is 1. The zero-order valence-corrected chi connectivity index (χ0v) is 21.7. The van der Waals surface area contributed by atoms with E-state index in [1.54, 1.807) is 6.92 Å². The number of allylic oxidation sites excluding steroid dienone is 1. The van der Waals surface area contributed by atoms with Crippen molar-refractivity contribution in [2.75, 3.05) is 19.5 Å². The lowest BCUT2D eigenvalue weighted by Crippen LogP contribution is -2.50. The number of methoxy groups -OCH3 is 1. The van der Waals surface area contributed by atoms with Crippen LogP contribution in [0.3, 0.4) is 0 Å². The van der Waals surface area contributed by atoms with Gasteiger partial charge in [-0.25, -0.2) is 19.2 Å². The first-order valence-electron chi connectivity index (χ1n) is 11.2. The van der Waals surface area contributed by atoms with E-state index in [1.807, 2.05) is 0 Å². The number of hydrogen-bond donors (Lipinski definition) is 1. The lowest BCUT2D eigenvalue weighted by atomic mass is 9.75. The van der Waals surface area contributed by atoms with Crippen LogP contribution in [0, 0.1) is 10.1 Å². The molecule has 2 atom stereocenters. The van der Waals surface area contributed by atoms with Gasteiger partial charge >= 0.3 is 23.9 Å². The Morgan fingerprint density at radius 1 is 1.21 bits per heavy atom. The molecule has 0 saturated heterocycles. The van der Waals surface area contributed by atoms with Crippen molar-refractivity contribution < 1.29 is 43.1 Å². The molecule has 0 saturated carbocycles. The molecule has 0 aliphatic carbocycles. The molecule has 3 heterocycles. The molecule has 1 aromatic carbocycles. The number of hydroxylamine groups is 2. The van der Waals surface area contributed by atoms with Crippen LogP contribution in [0.15, 0.2) is 59.0 Å². The number of benzene rings is 1. The van der Waals surface area contributed by atoms with Gasteiger partial charge in [-0.2, -0.15) is 5.06 Å². The molecule has 2 N–H and O–H groups in total. The highest BCUT2D eigenvalue weighted by molar-refractivity contribution is 8.00. The van der Waals surface area contributed by atoms with E-state index in [2.05, 4.69) is 0 Å². The molecule has 38 heavy (non-hydrogen) atoms. The quantitative estimate of drug-likeness (QED) is 0.164. The van der Waals surface area contributed by atoms with Gasteiger partial charge in [0.25, 0.3) is 5.69 Å². The lowest BCUT2D eigenvalue weighted by molar-refractivity contribution is -0.385. The number of thioether (sulfide) groups is 1. The molecular weight excluding hydrogens is 522 g/mol. The van der Waals surface area contributed by atoms with Gasteiger partial charge in [-0.1, -0.05) is 12.1 Å². The Kier molecular flexibility index (Phi) is 8.58. The van der Waals surface area contributed by atoms with Gasteiger partial charge in [0.1, 0.15) is 11.1 Å². The summed E-state index contributed by atoms with van der Waals surface area (Å²) in [6.45, 7) is 4.47. The minimum Gasteiger partial charge on any atom is -0.465 e. The van der Waals surface area contributed by atoms with Gasteiger partial charge in [0.15, 0.2) is 0 Å². The van der Waals surface area contributed by atoms with Crippen molar-refractivity contribution in [1.82, 2.24) is 5.06 Å². The van der Waals surface area contributed by atoms with Gasteiger partial charge in [0.2, 0.25) is 5.60 Å². The lowest BCUT2D eigenvalue weighted by Gasteiger charge is -2.44. The van der Waals surface area contributed by atoms with Crippen LogP contribution >= 0.6 is 11.8 Å². The van der Waals surface area contributed by atoms with Gasteiger partial charge in [-0.05, 0) is 20.8 Å². The van der Waals surface area contributed by atoms with E-state index in [-0.39, 0.29) is 29.3 Å². The van der Waals surface area contributed by atoms with Crippen LogP contribution in [0.5, 0.6) is 0 Å². The van der Waals surface area contributed by atoms with Crippen molar-refractivity contribution in [3.63, 3.8) is 0 Å². The number of non-ortho nitro benzene ring substituents is 1. The number of carbonyl (C=O) groups excluding carboxylic acids is 4. The third kappa shape index (κ3) is 5.26. The molecule has 202 valence electrons. The predicted molar refractivity (Wildman–Crippen MR) is 132 cm³/mol.